The number of thiophene rings is 1. The van der Waals surface area contributed by atoms with Crippen molar-refractivity contribution in [2.24, 2.45) is 5.92 Å². The number of nitrogens with one attached hydrogen (secondary N) is 1. The molecule has 5 nitrogen and oxygen atoms in total. The quantitative estimate of drug-likeness (QED) is 0.298. The Labute approximate surface area is 235 Å². The normalized spacial score (nSPS) is 24.3. The summed E-state index contributed by atoms with van der Waals surface area (Å²) in [6.45, 7) is 4.02. The molecule has 1 saturated heterocycles. The van der Waals surface area contributed by atoms with Crippen molar-refractivity contribution in [3.05, 3.63) is 123 Å². The van der Waals surface area contributed by atoms with E-state index in [1.54, 1.807) is 6.07 Å². The van der Waals surface area contributed by atoms with Crippen LogP contribution in [0.15, 0.2) is 90.3 Å². The summed E-state index contributed by atoms with van der Waals surface area (Å²) in [4.78, 5) is 46.0. The van der Waals surface area contributed by atoms with Crippen molar-refractivity contribution < 1.29 is 18.8 Å². The molecular weight excluding hydrogens is 523 g/mol. The highest BCUT2D eigenvalue weighted by atomic mass is 32.1. The predicted octanol–water partition coefficient (Wildman–Crippen LogP) is 6.44. The molecule has 0 bridgehead atoms. The van der Waals surface area contributed by atoms with Crippen LogP contribution in [0, 0.1) is 18.7 Å². The maximum atomic E-state index is 14.7. The molecule has 3 aromatic carbocycles. The molecule has 1 amide bonds. The molecular formula is C33H25FN2O3S. The summed E-state index contributed by atoms with van der Waals surface area (Å²) in [6, 6.07) is 20.8. The van der Waals surface area contributed by atoms with Gasteiger partial charge in [-0.3, -0.25) is 14.4 Å². The molecule has 7 rings (SSSR count). The molecule has 4 aromatic rings. The molecule has 1 spiro atoms. The minimum atomic E-state index is -1.39. The number of fused-ring (bicyclic) bond motifs is 6. The number of hydrogen-bond acceptors (Lipinski definition) is 5. The van der Waals surface area contributed by atoms with Crippen LogP contribution < -0.4 is 10.2 Å². The van der Waals surface area contributed by atoms with Gasteiger partial charge in [0.05, 0.1) is 16.8 Å². The first-order chi connectivity index (χ1) is 19.3. The van der Waals surface area contributed by atoms with Crippen molar-refractivity contribution >= 4 is 45.8 Å². The second-order valence-corrected chi connectivity index (χ2v) is 11.7. The summed E-state index contributed by atoms with van der Waals surface area (Å²) in [5.74, 6) is -2.43. The second-order valence-electron chi connectivity index (χ2n) is 10.7. The van der Waals surface area contributed by atoms with Crippen LogP contribution >= 0.6 is 11.3 Å². The number of para-hydroxylation sites is 1. The van der Waals surface area contributed by atoms with Gasteiger partial charge in [0.1, 0.15) is 17.3 Å². The number of benzene rings is 3. The van der Waals surface area contributed by atoms with Crippen molar-refractivity contribution in [3.8, 4) is 0 Å². The van der Waals surface area contributed by atoms with Crippen LogP contribution in [0.3, 0.4) is 0 Å². The van der Waals surface area contributed by atoms with Crippen molar-refractivity contribution in [1.82, 2.24) is 0 Å². The monoisotopic (exact) mass is 548 g/mol. The van der Waals surface area contributed by atoms with E-state index in [-0.39, 0.29) is 23.0 Å². The van der Waals surface area contributed by atoms with E-state index in [0.717, 1.165) is 22.4 Å². The standard InChI is InChI=1S/C33H25FN2O3S/c1-18-9-14-25-22(16-18)19(2)17-27-33(23-6-3-4-7-24(23)35-32(33)39)28(30(37)20-10-12-21(34)13-11-20)29(36(25)27)31(38)26-8-5-15-40-26/h3-17,27-29H,1-2H3,(H,35,39)/t27-,28-,29-,33-/m0/s1. The summed E-state index contributed by atoms with van der Waals surface area (Å²) in [5, 5.41) is 4.87. The Kier molecular flexibility index (Phi) is 5.44. The van der Waals surface area contributed by atoms with Crippen LogP contribution in [0.5, 0.6) is 0 Å². The van der Waals surface area contributed by atoms with E-state index in [9.17, 15) is 18.8 Å². The van der Waals surface area contributed by atoms with Crippen LogP contribution in [0.2, 0.25) is 0 Å². The van der Waals surface area contributed by atoms with Crippen LogP contribution in [-0.4, -0.2) is 29.6 Å². The number of aryl methyl sites for hydroxylation is 1. The molecule has 3 aliphatic heterocycles. The second kappa shape index (κ2) is 8.83. The highest BCUT2D eigenvalue weighted by molar-refractivity contribution is 7.12. The third-order valence-corrected chi connectivity index (χ3v) is 9.46. The summed E-state index contributed by atoms with van der Waals surface area (Å²) >= 11 is 1.32. The van der Waals surface area contributed by atoms with Gasteiger partial charge in [0.15, 0.2) is 11.6 Å². The Morgan fingerprint density at radius 2 is 1.73 bits per heavy atom. The first-order valence-electron chi connectivity index (χ1n) is 13.2. The van der Waals surface area contributed by atoms with Gasteiger partial charge in [0.25, 0.3) is 0 Å². The van der Waals surface area contributed by atoms with Gasteiger partial charge in [-0.1, -0.05) is 42.0 Å². The fourth-order valence-corrected chi connectivity index (χ4v) is 7.60. The van der Waals surface area contributed by atoms with Crippen LogP contribution in [0.25, 0.3) is 5.57 Å². The molecule has 40 heavy (non-hydrogen) atoms. The molecule has 0 unspecified atom stereocenters. The van der Waals surface area contributed by atoms with Crippen molar-refractivity contribution in [1.29, 1.82) is 0 Å². The number of carbonyl (C=O) groups is 3. The third kappa shape index (κ3) is 3.27. The molecule has 1 aromatic heterocycles. The number of anilines is 2. The maximum Gasteiger partial charge on any atom is 0.238 e. The van der Waals surface area contributed by atoms with Crippen molar-refractivity contribution in [2.45, 2.75) is 31.3 Å². The number of nitrogens with zero attached hydrogens (tertiary/aromatic N) is 1. The molecule has 0 aliphatic carbocycles. The molecule has 198 valence electrons. The number of carbonyl (C=O) groups excluding carboxylic acids is 3. The summed E-state index contributed by atoms with van der Waals surface area (Å²) in [6.07, 6.45) is 2.04. The Morgan fingerprint density at radius 1 is 0.950 bits per heavy atom. The number of allylic oxidation sites excluding steroid dienone is 1. The van der Waals surface area contributed by atoms with E-state index < -0.39 is 29.2 Å². The number of hydrogen-bond donors (Lipinski definition) is 1. The predicted molar refractivity (Wildman–Crippen MR) is 155 cm³/mol. The lowest BCUT2D eigenvalue weighted by Crippen LogP contribution is -2.51. The van der Waals surface area contributed by atoms with Crippen LogP contribution in [0.4, 0.5) is 15.8 Å². The molecule has 1 fully saturated rings. The average molecular weight is 549 g/mol. The molecule has 1 N–H and O–H groups in total. The Balaban J connectivity index is 1.56. The van der Waals surface area contributed by atoms with Crippen molar-refractivity contribution in [2.75, 3.05) is 10.2 Å². The smallest absolute Gasteiger partial charge is 0.238 e. The summed E-state index contributed by atoms with van der Waals surface area (Å²) in [7, 11) is 0. The van der Waals surface area contributed by atoms with Gasteiger partial charge in [0, 0.05) is 22.5 Å². The van der Waals surface area contributed by atoms with E-state index in [1.807, 2.05) is 72.7 Å². The Morgan fingerprint density at radius 3 is 2.48 bits per heavy atom. The minimum Gasteiger partial charge on any atom is -0.352 e. The van der Waals surface area contributed by atoms with Gasteiger partial charge in [0.2, 0.25) is 5.91 Å². The Hall–Kier alpha value is -4.36. The van der Waals surface area contributed by atoms with Gasteiger partial charge >= 0.3 is 0 Å². The molecule has 0 radical (unpaired) electrons. The van der Waals surface area contributed by atoms with Crippen molar-refractivity contribution in [3.63, 3.8) is 0 Å². The van der Waals surface area contributed by atoms with Crippen LogP contribution in [0.1, 0.15) is 43.6 Å². The van der Waals surface area contributed by atoms with Gasteiger partial charge in [-0.15, -0.1) is 11.3 Å². The number of rotatable bonds is 4. The topological polar surface area (TPSA) is 66.5 Å². The third-order valence-electron chi connectivity index (χ3n) is 8.58. The largest absolute Gasteiger partial charge is 0.352 e. The minimum absolute atomic E-state index is 0.214. The zero-order chi connectivity index (χ0) is 27.8. The number of Topliss-reactive ketones (excluding diaryl/α,β-unsaturated/α-hetero) is 2. The van der Waals surface area contributed by atoms with Gasteiger partial charge in [-0.05, 0) is 78.9 Å². The van der Waals surface area contributed by atoms with E-state index in [0.29, 0.717) is 16.1 Å². The SMILES string of the molecule is CC1=C[C@@H]2N(c3ccc(C)cc31)[C@H](C(=O)c1cccs1)[C@@H](C(=O)c1ccc(F)cc1)[C@@]21C(=O)Nc2ccccc21. The number of amides is 1. The van der Waals surface area contributed by atoms with Gasteiger partial charge < -0.3 is 10.2 Å². The number of halogens is 1. The number of ketones is 2. The Bertz CT molecular complexity index is 1740. The van der Waals surface area contributed by atoms with E-state index in [1.165, 1.54) is 35.6 Å². The van der Waals surface area contributed by atoms with Crippen LogP contribution in [-0.2, 0) is 10.2 Å². The lowest BCUT2D eigenvalue weighted by atomic mass is 9.64. The maximum absolute atomic E-state index is 14.7. The first kappa shape index (κ1) is 24.7. The fraction of sp³-hybridized carbons (Fsp3) is 0.182. The highest BCUT2D eigenvalue weighted by Crippen LogP contribution is 2.59. The molecule has 4 heterocycles. The summed E-state index contributed by atoms with van der Waals surface area (Å²) < 4.78 is 13.9. The molecule has 7 heteroatoms. The zero-order valence-electron chi connectivity index (χ0n) is 21.9. The van der Waals surface area contributed by atoms with E-state index >= 15 is 0 Å². The van der Waals surface area contributed by atoms with E-state index in [4.69, 9.17) is 0 Å². The highest BCUT2D eigenvalue weighted by Gasteiger charge is 2.70. The molecule has 3 aliphatic rings. The van der Waals surface area contributed by atoms with Gasteiger partial charge in [-0.2, -0.15) is 0 Å². The average Bonchev–Trinajstić information content (AvgIpc) is 3.66. The zero-order valence-corrected chi connectivity index (χ0v) is 22.7. The summed E-state index contributed by atoms with van der Waals surface area (Å²) in [5.41, 5.74) is 4.04. The fourth-order valence-electron chi connectivity index (χ4n) is 6.90. The lowest BCUT2D eigenvalue weighted by molar-refractivity contribution is -0.121. The van der Waals surface area contributed by atoms with E-state index in [2.05, 4.69) is 11.4 Å². The molecule has 0 saturated carbocycles. The first-order valence-corrected chi connectivity index (χ1v) is 14.1. The molecule has 4 atom stereocenters. The van der Waals surface area contributed by atoms with Gasteiger partial charge in [-0.25, -0.2) is 4.39 Å². The lowest BCUT2D eigenvalue weighted by Gasteiger charge is -2.39.